The van der Waals surface area contributed by atoms with Gasteiger partial charge in [0, 0.05) is 28.6 Å². The van der Waals surface area contributed by atoms with Gasteiger partial charge in [-0.3, -0.25) is 4.98 Å². The average molecular weight is 214 g/mol. The van der Waals surface area contributed by atoms with E-state index in [0.717, 1.165) is 11.8 Å². The molecule has 13 heavy (non-hydrogen) atoms. The van der Waals surface area contributed by atoms with E-state index >= 15 is 0 Å². The van der Waals surface area contributed by atoms with Gasteiger partial charge in [-0.25, -0.2) is 0 Å². The molecule has 2 rings (SSSR count). The molecule has 1 aromatic heterocycles. The van der Waals surface area contributed by atoms with Crippen LogP contribution in [0.4, 0.5) is 0 Å². The summed E-state index contributed by atoms with van der Waals surface area (Å²) in [6, 6.07) is 0.762. The van der Waals surface area contributed by atoms with Crippen molar-refractivity contribution in [2.45, 2.75) is 24.6 Å². The number of rotatable bonds is 4. The lowest BCUT2D eigenvalue weighted by atomic mass is 10.3. The Bertz CT molecular complexity index is 230. The number of hydrogen-bond donors (Lipinski definition) is 1. The molecule has 72 valence electrons. The van der Waals surface area contributed by atoms with Gasteiger partial charge in [-0.05, 0) is 19.4 Å². The number of nitrogens with one attached hydrogen (secondary N) is 1. The van der Waals surface area contributed by atoms with Gasteiger partial charge in [0.25, 0.3) is 0 Å². The molecule has 0 aromatic carbocycles. The summed E-state index contributed by atoms with van der Waals surface area (Å²) in [6.45, 7) is 1.21. The van der Waals surface area contributed by atoms with Crippen molar-refractivity contribution in [1.82, 2.24) is 10.3 Å². The molecule has 2 nitrogen and oxygen atoms in total. The Balaban J connectivity index is 1.63. The highest BCUT2D eigenvalue weighted by Crippen LogP contribution is 2.18. The highest BCUT2D eigenvalue weighted by atomic mass is 32.2. The molecule has 1 saturated heterocycles. The fourth-order valence-electron chi connectivity index (χ4n) is 1.51. The average Bonchev–Trinajstić information content (AvgIpc) is 2.75. The number of thiazole rings is 1. The number of nitrogens with zero attached hydrogens (tertiary/aromatic N) is 1. The molecule has 4 heteroatoms. The summed E-state index contributed by atoms with van der Waals surface area (Å²) < 4.78 is 0. The highest BCUT2D eigenvalue weighted by Gasteiger charge is 2.13. The molecular formula is C9H14N2S2. The molecular weight excluding hydrogens is 200 g/mol. The minimum absolute atomic E-state index is 0.762. The van der Waals surface area contributed by atoms with Crippen LogP contribution >= 0.6 is 23.1 Å². The van der Waals surface area contributed by atoms with Gasteiger partial charge in [0.15, 0.2) is 0 Å². The lowest BCUT2D eigenvalue weighted by Gasteiger charge is -2.07. The van der Waals surface area contributed by atoms with Crippen LogP contribution in [0.2, 0.25) is 0 Å². The Morgan fingerprint density at radius 1 is 1.69 bits per heavy atom. The largest absolute Gasteiger partial charge is 0.313 e. The van der Waals surface area contributed by atoms with Gasteiger partial charge < -0.3 is 5.32 Å². The third-order valence-corrected chi connectivity index (χ3v) is 4.32. The van der Waals surface area contributed by atoms with E-state index in [1.165, 1.54) is 30.0 Å². The lowest BCUT2D eigenvalue weighted by Crippen LogP contribution is -2.23. The SMILES string of the molecule is c1ncc(CSC[C@H]2CCCN2)s1. The normalized spacial score (nSPS) is 22.3. The molecule has 0 radical (unpaired) electrons. The van der Waals surface area contributed by atoms with E-state index in [9.17, 15) is 0 Å². The summed E-state index contributed by atoms with van der Waals surface area (Å²) in [5.41, 5.74) is 1.91. The molecule has 0 unspecified atom stereocenters. The van der Waals surface area contributed by atoms with Gasteiger partial charge in [-0.15, -0.1) is 11.3 Å². The van der Waals surface area contributed by atoms with Crippen LogP contribution in [0.15, 0.2) is 11.7 Å². The summed E-state index contributed by atoms with van der Waals surface area (Å²) in [5.74, 6) is 2.38. The quantitative estimate of drug-likeness (QED) is 0.831. The molecule has 1 aromatic rings. The fourth-order valence-corrected chi connectivity index (χ4v) is 3.38. The van der Waals surface area contributed by atoms with Gasteiger partial charge in [0.05, 0.1) is 5.51 Å². The molecule has 1 fully saturated rings. The van der Waals surface area contributed by atoms with E-state index in [0.29, 0.717) is 0 Å². The predicted molar refractivity (Wildman–Crippen MR) is 59.3 cm³/mol. The maximum atomic E-state index is 4.06. The first kappa shape index (κ1) is 9.49. The van der Waals surface area contributed by atoms with Crippen LogP contribution in [-0.4, -0.2) is 23.3 Å². The van der Waals surface area contributed by atoms with Crippen LogP contribution in [0.5, 0.6) is 0 Å². The van der Waals surface area contributed by atoms with Gasteiger partial charge in [-0.1, -0.05) is 0 Å². The van der Waals surface area contributed by atoms with Crippen molar-refractivity contribution in [3.63, 3.8) is 0 Å². The zero-order valence-corrected chi connectivity index (χ0v) is 9.16. The van der Waals surface area contributed by atoms with Crippen LogP contribution in [-0.2, 0) is 5.75 Å². The van der Waals surface area contributed by atoms with E-state index in [2.05, 4.69) is 10.3 Å². The Morgan fingerprint density at radius 2 is 2.69 bits per heavy atom. The summed E-state index contributed by atoms with van der Waals surface area (Å²) in [4.78, 5) is 5.45. The predicted octanol–water partition coefficient (Wildman–Crippen LogP) is 2.13. The van der Waals surface area contributed by atoms with Crippen molar-refractivity contribution in [1.29, 1.82) is 0 Å². The van der Waals surface area contributed by atoms with E-state index in [1.807, 2.05) is 23.5 Å². The third-order valence-electron chi connectivity index (χ3n) is 2.21. The van der Waals surface area contributed by atoms with E-state index in [1.54, 1.807) is 11.3 Å². The molecule has 0 spiro atoms. The Labute approximate surface area is 87.1 Å². The molecule has 1 N–H and O–H groups in total. The third kappa shape index (κ3) is 2.97. The zero-order chi connectivity index (χ0) is 8.93. The molecule has 0 bridgehead atoms. The molecule has 0 aliphatic carbocycles. The molecule has 1 aliphatic heterocycles. The molecule has 1 aliphatic rings. The van der Waals surface area contributed by atoms with E-state index in [4.69, 9.17) is 0 Å². The Kier molecular flexibility index (Phi) is 3.64. The van der Waals surface area contributed by atoms with Gasteiger partial charge in [0.1, 0.15) is 0 Å². The Hall–Kier alpha value is -0.0600. The van der Waals surface area contributed by atoms with Crippen molar-refractivity contribution in [2.24, 2.45) is 0 Å². The summed E-state index contributed by atoms with van der Waals surface area (Å²) in [5, 5.41) is 3.50. The number of hydrogen-bond acceptors (Lipinski definition) is 4. The highest BCUT2D eigenvalue weighted by molar-refractivity contribution is 7.98. The second-order valence-electron chi connectivity index (χ2n) is 3.28. The van der Waals surface area contributed by atoms with Gasteiger partial charge in [0.2, 0.25) is 0 Å². The van der Waals surface area contributed by atoms with E-state index < -0.39 is 0 Å². The number of thioether (sulfide) groups is 1. The first-order chi connectivity index (χ1) is 6.45. The summed E-state index contributed by atoms with van der Waals surface area (Å²) >= 11 is 3.77. The Morgan fingerprint density at radius 3 is 3.38 bits per heavy atom. The van der Waals surface area contributed by atoms with Crippen molar-refractivity contribution in [3.05, 3.63) is 16.6 Å². The van der Waals surface area contributed by atoms with Crippen molar-refractivity contribution in [2.75, 3.05) is 12.3 Å². The summed E-state index contributed by atoms with van der Waals surface area (Å²) in [7, 11) is 0. The smallest absolute Gasteiger partial charge is 0.0794 e. The fraction of sp³-hybridized carbons (Fsp3) is 0.667. The standard InChI is InChI=1S/C9H14N2S2/c1-2-8(11-3-1)5-12-6-9-4-10-7-13-9/h4,7-8,11H,1-3,5-6H2/t8-/m1/s1. The van der Waals surface area contributed by atoms with Crippen LogP contribution in [0, 0.1) is 0 Å². The van der Waals surface area contributed by atoms with Gasteiger partial charge in [-0.2, -0.15) is 11.8 Å². The zero-order valence-electron chi connectivity index (χ0n) is 7.53. The minimum Gasteiger partial charge on any atom is -0.313 e. The lowest BCUT2D eigenvalue weighted by molar-refractivity contribution is 0.674. The first-order valence-electron chi connectivity index (χ1n) is 4.63. The maximum Gasteiger partial charge on any atom is 0.0794 e. The molecule has 0 saturated carbocycles. The minimum atomic E-state index is 0.762. The number of aromatic nitrogens is 1. The van der Waals surface area contributed by atoms with Gasteiger partial charge >= 0.3 is 0 Å². The van der Waals surface area contributed by atoms with Crippen molar-refractivity contribution >= 4 is 23.1 Å². The molecule has 1 atom stereocenters. The van der Waals surface area contributed by atoms with Crippen LogP contribution in [0.3, 0.4) is 0 Å². The molecule has 2 heterocycles. The van der Waals surface area contributed by atoms with Crippen LogP contribution in [0.1, 0.15) is 17.7 Å². The summed E-state index contributed by atoms with van der Waals surface area (Å²) in [6.07, 6.45) is 4.68. The monoisotopic (exact) mass is 214 g/mol. The van der Waals surface area contributed by atoms with E-state index in [-0.39, 0.29) is 0 Å². The second kappa shape index (κ2) is 4.98. The van der Waals surface area contributed by atoms with Crippen molar-refractivity contribution in [3.8, 4) is 0 Å². The maximum absolute atomic E-state index is 4.06. The van der Waals surface area contributed by atoms with Crippen molar-refractivity contribution < 1.29 is 0 Å². The second-order valence-corrected chi connectivity index (χ2v) is 5.28. The van der Waals surface area contributed by atoms with Crippen LogP contribution < -0.4 is 5.32 Å². The topological polar surface area (TPSA) is 24.9 Å². The first-order valence-corrected chi connectivity index (χ1v) is 6.67. The molecule has 0 amide bonds. The van der Waals surface area contributed by atoms with Crippen LogP contribution in [0.25, 0.3) is 0 Å².